The number of nitrogens with zero attached hydrogens (tertiary/aromatic N) is 3. The monoisotopic (exact) mass is 305 g/mol. The molecule has 0 radical (unpaired) electrons. The van der Waals surface area contributed by atoms with Crippen LogP contribution in [0.1, 0.15) is 25.2 Å². The Kier molecular flexibility index (Phi) is 3.92. The summed E-state index contributed by atoms with van der Waals surface area (Å²) in [5.74, 6) is 1.61. The third-order valence-corrected chi connectivity index (χ3v) is 4.16. The predicted molar refractivity (Wildman–Crippen MR) is 75.7 cm³/mol. The first kappa shape index (κ1) is 13.9. The molecule has 2 aromatic rings. The number of ether oxygens (including phenoxy) is 2. The molecule has 0 amide bonds. The SMILES string of the molecule is c1coc(-c2nnc(CN3CCCC[C@@H]3C3OCCO3)o2)c1. The molecule has 0 unspecified atom stereocenters. The molecule has 0 aliphatic carbocycles. The molecule has 0 bridgehead atoms. The van der Waals surface area contributed by atoms with E-state index >= 15 is 0 Å². The zero-order valence-corrected chi connectivity index (χ0v) is 12.3. The largest absolute Gasteiger partial charge is 0.459 e. The summed E-state index contributed by atoms with van der Waals surface area (Å²) in [5, 5.41) is 8.17. The van der Waals surface area contributed by atoms with Gasteiger partial charge in [-0.1, -0.05) is 6.42 Å². The van der Waals surface area contributed by atoms with Crippen LogP contribution in [0.25, 0.3) is 11.7 Å². The Morgan fingerprint density at radius 3 is 2.91 bits per heavy atom. The van der Waals surface area contributed by atoms with Crippen LogP contribution in [0.5, 0.6) is 0 Å². The Labute approximate surface area is 128 Å². The van der Waals surface area contributed by atoms with Gasteiger partial charge in [0.05, 0.1) is 32.1 Å². The number of hydrogen-bond donors (Lipinski definition) is 0. The average Bonchev–Trinajstić information content (AvgIpc) is 3.30. The molecule has 2 saturated heterocycles. The minimum Gasteiger partial charge on any atom is -0.459 e. The highest BCUT2D eigenvalue weighted by molar-refractivity contribution is 5.42. The molecular weight excluding hydrogens is 286 g/mol. The van der Waals surface area contributed by atoms with Gasteiger partial charge in [0.1, 0.15) is 0 Å². The van der Waals surface area contributed by atoms with Gasteiger partial charge < -0.3 is 18.3 Å². The maximum Gasteiger partial charge on any atom is 0.283 e. The lowest BCUT2D eigenvalue weighted by Gasteiger charge is -2.36. The van der Waals surface area contributed by atoms with Gasteiger partial charge in [0, 0.05) is 0 Å². The summed E-state index contributed by atoms with van der Waals surface area (Å²) >= 11 is 0. The molecular formula is C15H19N3O4. The Hall–Kier alpha value is -1.70. The van der Waals surface area contributed by atoms with Gasteiger partial charge in [0.25, 0.3) is 5.89 Å². The van der Waals surface area contributed by atoms with Gasteiger partial charge in [-0.15, -0.1) is 10.2 Å². The molecule has 2 aliphatic heterocycles. The van der Waals surface area contributed by atoms with E-state index in [-0.39, 0.29) is 12.3 Å². The van der Waals surface area contributed by atoms with Crippen LogP contribution in [0.3, 0.4) is 0 Å². The van der Waals surface area contributed by atoms with Crippen LogP contribution in [0.4, 0.5) is 0 Å². The standard InChI is InChI=1S/C15H19N3O4/c1-2-6-18(11(4-1)15-20-8-9-21-15)10-13-16-17-14(22-13)12-5-3-7-19-12/h3,5,7,11,15H,1-2,4,6,8-10H2/t11-/m1/s1. The van der Waals surface area contributed by atoms with Gasteiger partial charge in [-0.05, 0) is 31.5 Å². The van der Waals surface area contributed by atoms with E-state index in [4.69, 9.17) is 18.3 Å². The number of furan rings is 1. The second-order valence-electron chi connectivity index (χ2n) is 5.62. The fourth-order valence-electron chi connectivity index (χ4n) is 3.11. The Balaban J connectivity index is 1.46. The molecule has 0 N–H and O–H groups in total. The molecule has 2 fully saturated rings. The zero-order valence-electron chi connectivity index (χ0n) is 12.3. The van der Waals surface area contributed by atoms with Crippen molar-refractivity contribution in [3.63, 3.8) is 0 Å². The third kappa shape index (κ3) is 2.79. The second-order valence-corrected chi connectivity index (χ2v) is 5.62. The second kappa shape index (κ2) is 6.20. The summed E-state index contributed by atoms with van der Waals surface area (Å²) in [6, 6.07) is 3.87. The van der Waals surface area contributed by atoms with Crippen LogP contribution in [0.2, 0.25) is 0 Å². The maximum absolute atomic E-state index is 5.70. The molecule has 2 aliphatic rings. The minimum absolute atomic E-state index is 0.132. The van der Waals surface area contributed by atoms with Crippen molar-refractivity contribution in [2.24, 2.45) is 0 Å². The van der Waals surface area contributed by atoms with Gasteiger partial charge in [-0.25, -0.2) is 0 Å². The van der Waals surface area contributed by atoms with E-state index in [1.807, 2.05) is 0 Å². The lowest BCUT2D eigenvalue weighted by atomic mass is 10.0. The molecule has 4 rings (SSSR count). The Morgan fingerprint density at radius 1 is 1.18 bits per heavy atom. The van der Waals surface area contributed by atoms with Gasteiger partial charge in [-0.2, -0.15) is 0 Å². The maximum atomic E-state index is 5.70. The van der Waals surface area contributed by atoms with Crippen molar-refractivity contribution in [2.75, 3.05) is 19.8 Å². The molecule has 0 spiro atoms. The number of likely N-dealkylation sites (tertiary alicyclic amines) is 1. The number of hydrogen-bond acceptors (Lipinski definition) is 7. The highest BCUT2D eigenvalue weighted by Crippen LogP contribution is 2.26. The van der Waals surface area contributed by atoms with Crippen molar-refractivity contribution < 1.29 is 18.3 Å². The average molecular weight is 305 g/mol. The van der Waals surface area contributed by atoms with Gasteiger partial charge in [0.15, 0.2) is 12.1 Å². The molecule has 22 heavy (non-hydrogen) atoms. The van der Waals surface area contributed by atoms with E-state index < -0.39 is 0 Å². The van der Waals surface area contributed by atoms with E-state index in [0.29, 0.717) is 37.3 Å². The van der Waals surface area contributed by atoms with Crippen LogP contribution in [0.15, 0.2) is 27.2 Å². The van der Waals surface area contributed by atoms with Crippen molar-refractivity contribution in [3.8, 4) is 11.7 Å². The highest BCUT2D eigenvalue weighted by atomic mass is 16.7. The Morgan fingerprint density at radius 2 is 2.09 bits per heavy atom. The molecule has 118 valence electrons. The highest BCUT2D eigenvalue weighted by Gasteiger charge is 2.34. The summed E-state index contributed by atoms with van der Waals surface area (Å²) in [6.45, 7) is 2.96. The van der Waals surface area contributed by atoms with Crippen molar-refractivity contribution in [1.29, 1.82) is 0 Å². The summed E-state index contributed by atoms with van der Waals surface area (Å²) in [6.07, 6.45) is 4.90. The molecule has 7 heteroatoms. The van der Waals surface area contributed by atoms with Crippen LogP contribution in [-0.4, -0.2) is 47.2 Å². The Bertz CT molecular complexity index is 592. The molecule has 0 aromatic carbocycles. The van der Waals surface area contributed by atoms with Crippen molar-refractivity contribution in [1.82, 2.24) is 15.1 Å². The van der Waals surface area contributed by atoms with Crippen LogP contribution in [-0.2, 0) is 16.0 Å². The van der Waals surface area contributed by atoms with Crippen LogP contribution < -0.4 is 0 Å². The van der Waals surface area contributed by atoms with Crippen LogP contribution >= 0.6 is 0 Å². The van der Waals surface area contributed by atoms with E-state index in [9.17, 15) is 0 Å². The first-order valence-electron chi connectivity index (χ1n) is 7.74. The summed E-state index contributed by atoms with van der Waals surface area (Å²) in [4.78, 5) is 2.32. The number of aromatic nitrogens is 2. The van der Waals surface area contributed by atoms with Crippen molar-refractivity contribution in [3.05, 3.63) is 24.3 Å². The zero-order chi connectivity index (χ0) is 14.8. The quantitative estimate of drug-likeness (QED) is 0.856. The van der Waals surface area contributed by atoms with E-state index in [1.54, 1.807) is 18.4 Å². The normalized spacial score (nSPS) is 24.1. The molecule has 1 atom stereocenters. The summed E-state index contributed by atoms with van der Waals surface area (Å²) in [7, 11) is 0. The molecule has 4 heterocycles. The van der Waals surface area contributed by atoms with E-state index in [2.05, 4.69) is 15.1 Å². The van der Waals surface area contributed by atoms with Crippen LogP contribution in [0, 0.1) is 0 Å². The fourth-order valence-corrected chi connectivity index (χ4v) is 3.11. The molecule has 0 saturated carbocycles. The first-order chi connectivity index (χ1) is 10.9. The van der Waals surface area contributed by atoms with Crippen molar-refractivity contribution >= 4 is 0 Å². The molecule has 2 aromatic heterocycles. The number of piperidine rings is 1. The van der Waals surface area contributed by atoms with E-state index in [1.165, 1.54) is 12.8 Å². The lowest BCUT2D eigenvalue weighted by Crippen LogP contribution is -2.46. The summed E-state index contributed by atoms with van der Waals surface area (Å²) in [5.41, 5.74) is 0. The van der Waals surface area contributed by atoms with Gasteiger partial charge in [0.2, 0.25) is 5.89 Å². The van der Waals surface area contributed by atoms with Gasteiger partial charge in [-0.3, -0.25) is 4.90 Å². The number of rotatable bonds is 4. The smallest absolute Gasteiger partial charge is 0.283 e. The fraction of sp³-hybridized carbons (Fsp3) is 0.600. The predicted octanol–water partition coefficient (Wildman–Crippen LogP) is 2.06. The first-order valence-corrected chi connectivity index (χ1v) is 7.74. The van der Waals surface area contributed by atoms with E-state index in [0.717, 1.165) is 13.0 Å². The van der Waals surface area contributed by atoms with Crippen molar-refractivity contribution in [2.45, 2.75) is 38.1 Å². The lowest BCUT2D eigenvalue weighted by molar-refractivity contribution is -0.112. The third-order valence-electron chi connectivity index (χ3n) is 4.16. The molecule has 7 nitrogen and oxygen atoms in total. The topological polar surface area (TPSA) is 73.8 Å². The summed E-state index contributed by atoms with van der Waals surface area (Å²) < 4.78 is 22.3. The minimum atomic E-state index is -0.132. The van der Waals surface area contributed by atoms with Gasteiger partial charge >= 0.3 is 0 Å².